The van der Waals surface area contributed by atoms with Crippen molar-refractivity contribution in [3.63, 3.8) is 0 Å². The summed E-state index contributed by atoms with van der Waals surface area (Å²) < 4.78 is 21.8. The lowest BCUT2D eigenvalue weighted by molar-refractivity contribution is -0.126. The number of hydrogen-bond donors (Lipinski definition) is 1. The molecule has 1 N–H and O–H groups in total. The second-order valence-electron chi connectivity index (χ2n) is 7.56. The Morgan fingerprint density at radius 1 is 1.31 bits per heavy atom. The molecule has 1 aliphatic carbocycles. The second kappa shape index (κ2) is 8.78. The third kappa shape index (κ3) is 3.58. The number of allylic oxidation sites excluding steroid dienone is 1. The van der Waals surface area contributed by atoms with E-state index in [0.717, 1.165) is 18.5 Å². The van der Waals surface area contributed by atoms with E-state index in [1.54, 1.807) is 12.1 Å². The molecule has 1 aliphatic heterocycles. The first-order valence-electron chi connectivity index (χ1n) is 10.3. The predicted molar refractivity (Wildman–Crippen MR) is 113 cm³/mol. The van der Waals surface area contributed by atoms with Gasteiger partial charge in [-0.15, -0.1) is 6.58 Å². The summed E-state index contributed by atoms with van der Waals surface area (Å²) in [5, 5.41) is 0. The summed E-state index contributed by atoms with van der Waals surface area (Å²) in [6.07, 6.45) is 3.27. The van der Waals surface area contributed by atoms with Crippen LogP contribution in [0.4, 0.5) is 0 Å². The van der Waals surface area contributed by atoms with Gasteiger partial charge in [0.05, 0.1) is 31.6 Å². The molecule has 1 spiro atoms. The average Bonchev–Trinajstić information content (AvgIpc) is 3.44. The molecule has 9 nitrogen and oxygen atoms in total. The Morgan fingerprint density at radius 2 is 2.06 bits per heavy atom. The summed E-state index contributed by atoms with van der Waals surface area (Å²) in [7, 11) is 1.23. The highest BCUT2D eigenvalue weighted by atomic mass is 16.7. The summed E-state index contributed by atoms with van der Waals surface area (Å²) in [4.78, 5) is 46.4. The predicted octanol–water partition coefficient (Wildman–Crippen LogP) is 2.73. The lowest BCUT2D eigenvalue weighted by Crippen LogP contribution is -2.41. The van der Waals surface area contributed by atoms with Crippen LogP contribution in [0.3, 0.4) is 0 Å². The highest BCUT2D eigenvalue weighted by Gasteiger charge is 2.54. The van der Waals surface area contributed by atoms with Gasteiger partial charge in [0, 0.05) is 23.4 Å². The molecule has 168 valence electrons. The average molecular weight is 440 g/mol. The van der Waals surface area contributed by atoms with Crippen molar-refractivity contribution >= 4 is 17.5 Å². The van der Waals surface area contributed by atoms with Crippen molar-refractivity contribution in [3.05, 3.63) is 53.0 Å². The Labute approximate surface area is 184 Å². The van der Waals surface area contributed by atoms with E-state index < -0.39 is 23.3 Å². The van der Waals surface area contributed by atoms with Gasteiger partial charge in [-0.2, -0.15) is 0 Å². The van der Waals surface area contributed by atoms with E-state index in [1.165, 1.54) is 13.2 Å². The lowest BCUT2D eigenvalue weighted by atomic mass is 9.84. The highest BCUT2D eigenvalue weighted by Crippen LogP contribution is 2.47. The first-order chi connectivity index (χ1) is 15.4. The summed E-state index contributed by atoms with van der Waals surface area (Å²) in [5.41, 5.74) is 1.86. The van der Waals surface area contributed by atoms with Crippen LogP contribution in [0.2, 0.25) is 0 Å². The van der Waals surface area contributed by atoms with E-state index >= 15 is 0 Å². The van der Waals surface area contributed by atoms with Gasteiger partial charge in [-0.25, -0.2) is 9.78 Å². The summed E-state index contributed by atoms with van der Waals surface area (Å²) >= 11 is 0. The largest absolute Gasteiger partial charge is 0.465 e. The van der Waals surface area contributed by atoms with Crippen molar-refractivity contribution in [1.82, 2.24) is 9.97 Å². The number of carbonyl (C=O) groups excluding carboxylic acids is 3. The molecule has 0 aromatic carbocycles. The van der Waals surface area contributed by atoms with Crippen LogP contribution >= 0.6 is 0 Å². The number of carbonyl (C=O) groups is 3. The molecule has 1 saturated heterocycles. The molecule has 32 heavy (non-hydrogen) atoms. The number of hydrogen-bond acceptors (Lipinski definition) is 8. The van der Waals surface area contributed by atoms with Crippen LogP contribution in [0.15, 0.2) is 24.8 Å². The first-order valence-corrected chi connectivity index (χ1v) is 10.3. The first kappa shape index (κ1) is 22.1. The van der Waals surface area contributed by atoms with Gasteiger partial charge in [-0.1, -0.05) is 6.08 Å². The quantitative estimate of drug-likeness (QED) is 0.288. The smallest absolute Gasteiger partial charge is 0.338 e. The maximum atomic E-state index is 13.6. The van der Waals surface area contributed by atoms with Crippen LogP contribution < -0.4 is 0 Å². The Kier molecular flexibility index (Phi) is 6.05. The van der Waals surface area contributed by atoms with Crippen molar-refractivity contribution in [3.8, 4) is 11.3 Å². The molecule has 0 bridgehead atoms. The Morgan fingerprint density at radius 3 is 2.75 bits per heavy atom. The molecule has 0 saturated carbocycles. The van der Waals surface area contributed by atoms with Gasteiger partial charge in [0.15, 0.2) is 0 Å². The zero-order valence-corrected chi connectivity index (χ0v) is 18.0. The van der Waals surface area contributed by atoms with Gasteiger partial charge in [-0.3, -0.25) is 9.59 Å². The number of pyridine rings is 1. The molecule has 0 unspecified atom stereocenters. The molecule has 9 heteroatoms. The monoisotopic (exact) mass is 440 g/mol. The van der Waals surface area contributed by atoms with E-state index in [0.29, 0.717) is 17.9 Å². The van der Waals surface area contributed by atoms with E-state index in [4.69, 9.17) is 18.9 Å². The van der Waals surface area contributed by atoms with E-state index in [9.17, 15) is 14.4 Å². The number of nitrogens with zero attached hydrogens (tertiary/aromatic N) is 1. The molecule has 0 atom stereocenters. The third-order valence-corrected chi connectivity index (χ3v) is 5.41. The van der Waals surface area contributed by atoms with Gasteiger partial charge < -0.3 is 23.9 Å². The number of Topliss-reactive ketones (excluding diaryl/α,β-unsaturated/α-hetero) is 2. The number of esters is 1. The van der Waals surface area contributed by atoms with Crippen LogP contribution in [-0.2, 0) is 24.7 Å². The lowest BCUT2D eigenvalue weighted by Gasteiger charge is -2.31. The minimum absolute atomic E-state index is 0.0526. The number of unbranched alkanes of at least 4 members (excludes halogenated alkanes) is 1. The van der Waals surface area contributed by atoms with Gasteiger partial charge >= 0.3 is 5.97 Å². The number of nitrogens with one attached hydrogen (secondary N) is 1. The number of aromatic nitrogens is 2. The second-order valence-corrected chi connectivity index (χ2v) is 7.56. The van der Waals surface area contributed by atoms with Crippen molar-refractivity contribution in [2.45, 2.75) is 25.6 Å². The number of aryl methyl sites for hydroxylation is 1. The van der Waals surface area contributed by atoms with Crippen LogP contribution in [0, 0.1) is 6.92 Å². The number of rotatable bonds is 8. The number of ketones is 2. The Hall–Kier alpha value is -3.14. The fraction of sp³-hybridized carbons (Fsp3) is 0.391. The van der Waals surface area contributed by atoms with Gasteiger partial charge in [0.2, 0.25) is 11.6 Å². The van der Waals surface area contributed by atoms with Gasteiger partial charge in [-0.05, 0) is 31.9 Å². The molecular formula is C23H24N2O7. The molecular weight excluding hydrogens is 416 g/mol. The zero-order chi connectivity index (χ0) is 22.9. The topological polar surface area (TPSA) is 117 Å². The number of methoxy groups -OCH3 is 1. The normalized spacial score (nSPS) is 16.0. The molecule has 4 rings (SSSR count). The molecule has 0 amide bonds. The van der Waals surface area contributed by atoms with Crippen molar-refractivity contribution < 1.29 is 33.3 Å². The number of ether oxygens (including phenoxy) is 4. The summed E-state index contributed by atoms with van der Waals surface area (Å²) in [5.74, 6) is -3.38. The highest BCUT2D eigenvalue weighted by molar-refractivity contribution is 6.14. The number of H-pyrrole nitrogens is 1. The Bertz CT molecular complexity index is 1100. The maximum Gasteiger partial charge on any atom is 0.338 e. The fourth-order valence-corrected chi connectivity index (χ4v) is 3.97. The van der Waals surface area contributed by atoms with E-state index in [1.807, 2.05) is 6.92 Å². The molecule has 2 aromatic rings. The minimum Gasteiger partial charge on any atom is -0.465 e. The number of aromatic amines is 1. The maximum absolute atomic E-state index is 13.6. The van der Waals surface area contributed by atoms with Crippen LogP contribution in [0.25, 0.3) is 11.3 Å². The molecule has 1 fully saturated rings. The van der Waals surface area contributed by atoms with Crippen molar-refractivity contribution in [1.29, 1.82) is 0 Å². The van der Waals surface area contributed by atoms with Crippen LogP contribution in [0.1, 0.15) is 55.4 Å². The zero-order valence-electron chi connectivity index (χ0n) is 18.0. The molecule has 2 aromatic heterocycles. The van der Waals surface area contributed by atoms with E-state index in [2.05, 4.69) is 16.5 Å². The standard InChI is InChI=1S/C23H24N2O7/c1-4-5-6-7-30-12-17(26)16-11-14(22(28)29-3)18-19-15(10-13(2)24-19)23(31-8-9-32-23)21(27)20(18)25-16/h4,10-11,24H,1,5-9,12H2,2-3H3. The molecule has 0 radical (unpaired) electrons. The van der Waals surface area contributed by atoms with E-state index in [-0.39, 0.29) is 42.3 Å². The fourth-order valence-electron chi connectivity index (χ4n) is 3.97. The molecule has 2 aliphatic rings. The van der Waals surface area contributed by atoms with Crippen LogP contribution in [-0.4, -0.2) is 61.0 Å². The summed E-state index contributed by atoms with van der Waals surface area (Å²) in [6, 6.07) is 3.08. The third-order valence-electron chi connectivity index (χ3n) is 5.41. The van der Waals surface area contributed by atoms with Crippen LogP contribution in [0.5, 0.6) is 0 Å². The molecule has 3 heterocycles. The van der Waals surface area contributed by atoms with Gasteiger partial charge in [0.1, 0.15) is 18.0 Å². The summed E-state index contributed by atoms with van der Waals surface area (Å²) in [6.45, 7) is 6.06. The minimum atomic E-state index is -1.66. The SMILES string of the molecule is C=CCCCOCC(=O)c1cc(C(=O)OC)c2c(n1)C(=O)C1(OCCO1)c1cc(C)[nH]c1-2. The number of fused-ring (bicyclic) bond motifs is 4. The van der Waals surface area contributed by atoms with Crippen molar-refractivity contribution in [2.75, 3.05) is 33.5 Å². The van der Waals surface area contributed by atoms with Crippen molar-refractivity contribution in [2.24, 2.45) is 0 Å². The Balaban J connectivity index is 1.80. The van der Waals surface area contributed by atoms with Gasteiger partial charge in [0.25, 0.3) is 5.79 Å².